The minimum atomic E-state index is -2.02. The molecule has 3 fully saturated rings. The third-order valence-corrected chi connectivity index (χ3v) is 9.88. The number of carbonyl (C=O) groups is 6. The first kappa shape index (κ1) is 34.6. The smallest absolute Gasteiger partial charge is 0.350 e. The number of urea groups is 2. The fraction of sp³-hybridized carbons (Fsp3) is 0.400. The van der Waals surface area contributed by atoms with Gasteiger partial charge in [-0.15, -0.1) is 11.3 Å². The molecule has 0 bridgehead atoms. The lowest BCUT2D eigenvalue weighted by molar-refractivity contribution is -0.161. The third-order valence-electron chi connectivity index (χ3n) is 7.52. The number of nitrogen functional groups attached to an aromatic ring is 1. The standard InChI is InChI=1S/C25H28N10O12S2/c1-24(2,19(40)41)47-31-14(11-8-48-21(26)28-11)16(38)29-15-17(39)32-9-25(20(42)43,49-18(15)32)33-3-4-34(23(33)45)30-22(44)27-6-10-5-12(36)13(37)7-35(10)46/h5,7-8,15,18,37,46H,3-4,6,9H2,1-2H3,(H2,26,28)(H,29,38)(H,40,41)(H,42,43)(H2,27,30,44)/b31-14-/t15-,18-,25-/m1/s1. The number of hydrazine groups is 1. The quantitative estimate of drug-likeness (QED) is 0.0525. The summed E-state index contributed by atoms with van der Waals surface area (Å²) in [4.78, 5) is 97.2. The zero-order valence-corrected chi connectivity index (χ0v) is 27.0. The number of pyridine rings is 1. The first-order chi connectivity index (χ1) is 22.9. The summed E-state index contributed by atoms with van der Waals surface area (Å²) in [5.74, 6) is -5.24. The number of aromatic hydroxyl groups is 1. The Morgan fingerprint density at radius 3 is 2.55 bits per heavy atom. The summed E-state index contributed by atoms with van der Waals surface area (Å²) in [6.07, 6.45) is 0.731. The van der Waals surface area contributed by atoms with Crippen LogP contribution in [0.2, 0.25) is 0 Å². The molecule has 2 aromatic heterocycles. The molecule has 0 saturated carbocycles. The van der Waals surface area contributed by atoms with Crippen LogP contribution < -0.4 is 27.2 Å². The number of carbonyl (C=O) groups excluding carboxylic acids is 4. The van der Waals surface area contributed by atoms with Crippen molar-refractivity contribution in [2.45, 2.75) is 42.3 Å². The van der Waals surface area contributed by atoms with E-state index in [1.54, 1.807) is 0 Å². The monoisotopic (exact) mass is 724 g/mol. The molecule has 49 heavy (non-hydrogen) atoms. The number of β-lactam (4-membered cyclic amide) rings is 1. The van der Waals surface area contributed by atoms with Crippen LogP contribution in [0.3, 0.4) is 0 Å². The Hall–Kier alpha value is -5.78. The molecule has 3 aliphatic rings. The van der Waals surface area contributed by atoms with Gasteiger partial charge in [0.05, 0.1) is 31.5 Å². The number of anilines is 1. The highest BCUT2D eigenvalue weighted by molar-refractivity contribution is 8.02. The molecule has 6 amide bonds. The predicted octanol–water partition coefficient (Wildman–Crippen LogP) is -2.25. The van der Waals surface area contributed by atoms with Crippen LogP contribution in [0.25, 0.3) is 0 Å². The molecule has 5 heterocycles. The number of nitrogens with zero attached hydrogens (tertiary/aromatic N) is 6. The van der Waals surface area contributed by atoms with Crippen molar-refractivity contribution in [3.05, 3.63) is 39.3 Å². The number of hydrogen-bond acceptors (Lipinski definition) is 15. The van der Waals surface area contributed by atoms with Gasteiger partial charge < -0.3 is 46.6 Å². The summed E-state index contributed by atoms with van der Waals surface area (Å²) >= 11 is 1.67. The van der Waals surface area contributed by atoms with Crippen molar-refractivity contribution in [2.24, 2.45) is 5.16 Å². The number of amides is 6. The maximum absolute atomic E-state index is 13.3. The van der Waals surface area contributed by atoms with Crippen molar-refractivity contribution in [1.82, 2.24) is 40.6 Å². The molecule has 5 rings (SSSR count). The molecular formula is C25H28N10O12S2. The number of fused-ring (bicyclic) bond motifs is 1. The number of aromatic nitrogens is 2. The second-order valence-electron chi connectivity index (χ2n) is 11.2. The second-order valence-corrected chi connectivity index (χ2v) is 13.5. The van der Waals surface area contributed by atoms with Gasteiger partial charge in [-0.1, -0.05) is 16.9 Å². The Labute approximate surface area is 282 Å². The topological polar surface area (TPSA) is 312 Å². The molecule has 9 N–H and O–H groups in total. The second kappa shape index (κ2) is 12.7. The van der Waals surface area contributed by atoms with Gasteiger partial charge in [0.25, 0.3) is 5.91 Å². The van der Waals surface area contributed by atoms with E-state index in [1.165, 1.54) is 19.2 Å². The van der Waals surface area contributed by atoms with E-state index in [0.29, 0.717) is 16.5 Å². The number of nitrogens with two attached hydrogens (primary N) is 1. The summed E-state index contributed by atoms with van der Waals surface area (Å²) in [6, 6.07) is -2.27. The van der Waals surface area contributed by atoms with Crippen LogP contribution in [0.15, 0.2) is 27.6 Å². The summed E-state index contributed by atoms with van der Waals surface area (Å²) in [7, 11) is 0. The molecule has 2 aromatic rings. The fourth-order valence-corrected chi connectivity index (χ4v) is 7.00. The van der Waals surface area contributed by atoms with Gasteiger partial charge >= 0.3 is 24.0 Å². The van der Waals surface area contributed by atoms with Crippen LogP contribution in [0.1, 0.15) is 25.2 Å². The SMILES string of the molecule is CC(C)(O/N=C(\C(=O)N[C@@H]1C(=O)N2C[C@@](C(=O)O)(N3CCN(NC(=O)NCc4cc(=O)c(O)cn4O)C3=O)S[C@H]12)c1csc(N)n1)C(=O)O. The van der Waals surface area contributed by atoms with Gasteiger partial charge in [0.1, 0.15) is 17.1 Å². The van der Waals surface area contributed by atoms with Gasteiger partial charge in [-0.2, -0.15) is 4.73 Å². The lowest BCUT2D eigenvalue weighted by Crippen LogP contribution is -2.68. The zero-order chi connectivity index (χ0) is 36.0. The molecule has 24 heteroatoms. The molecule has 3 saturated heterocycles. The van der Waals surface area contributed by atoms with Crippen LogP contribution in [-0.2, 0) is 30.6 Å². The van der Waals surface area contributed by atoms with Gasteiger partial charge in [0.15, 0.2) is 16.6 Å². The molecule has 0 aromatic carbocycles. The number of carboxylic acid groups (broad SMARTS) is 2. The van der Waals surface area contributed by atoms with Crippen LogP contribution >= 0.6 is 23.1 Å². The van der Waals surface area contributed by atoms with Gasteiger partial charge in [0, 0.05) is 18.0 Å². The average Bonchev–Trinajstić information content (AvgIpc) is 3.73. The van der Waals surface area contributed by atoms with Crippen LogP contribution in [-0.4, -0.2) is 128 Å². The number of thiazole rings is 1. The summed E-state index contributed by atoms with van der Waals surface area (Å²) in [6.45, 7) is 1.19. The maximum atomic E-state index is 13.3. The molecule has 0 spiro atoms. The van der Waals surface area contributed by atoms with Crippen molar-refractivity contribution in [2.75, 3.05) is 25.4 Å². The third kappa shape index (κ3) is 6.41. The normalized spacial score (nSPS) is 22.0. The number of aliphatic carboxylic acids is 2. The molecule has 0 radical (unpaired) electrons. The minimum absolute atomic E-state index is 0.0567. The van der Waals surface area contributed by atoms with E-state index >= 15 is 0 Å². The molecule has 0 unspecified atom stereocenters. The van der Waals surface area contributed by atoms with Gasteiger partial charge in [-0.05, 0) is 13.8 Å². The highest BCUT2D eigenvalue weighted by Crippen LogP contribution is 2.49. The minimum Gasteiger partial charge on any atom is -0.503 e. The van der Waals surface area contributed by atoms with E-state index in [0.717, 1.165) is 38.4 Å². The van der Waals surface area contributed by atoms with E-state index in [-0.39, 0.29) is 29.6 Å². The first-order valence-electron chi connectivity index (χ1n) is 14.0. The lowest BCUT2D eigenvalue weighted by Gasteiger charge is -2.41. The van der Waals surface area contributed by atoms with E-state index < -0.39 is 87.7 Å². The molecule has 262 valence electrons. The molecule has 3 aliphatic heterocycles. The van der Waals surface area contributed by atoms with E-state index in [2.05, 4.69) is 26.2 Å². The number of hydrogen-bond donors (Lipinski definition) is 8. The van der Waals surface area contributed by atoms with Crippen LogP contribution in [0.5, 0.6) is 5.75 Å². The molecule has 3 atom stereocenters. The highest BCUT2D eigenvalue weighted by Gasteiger charge is 2.66. The molecular weight excluding hydrogens is 696 g/mol. The average molecular weight is 725 g/mol. The Kier molecular flexibility index (Phi) is 8.94. The Morgan fingerprint density at radius 2 is 1.92 bits per heavy atom. The maximum Gasteiger partial charge on any atom is 0.350 e. The largest absolute Gasteiger partial charge is 0.503 e. The van der Waals surface area contributed by atoms with Crippen molar-refractivity contribution in [3.8, 4) is 5.75 Å². The molecule has 0 aliphatic carbocycles. The number of carboxylic acids is 2. The van der Waals surface area contributed by atoms with Gasteiger partial charge in [-0.25, -0.2) is 34.6 Å². The zero-order valence-electron chi connectivity index (χ0n) is 25.3. The van der Waals surface area contributed by atoms with Crippen LogP contribution in [0, 0.1) is 0 Å². The highest BCUT2D eigenvalue weighted by atomic mass is 32.2. The summed E-state index contributed by atoms with van der Waals surface area (Å²) in [5.41, 5.74) is 4.61. The van der Waals surface area contributed by atoms with Gasteiger partial charge in [0.2, 0.25) is 21.8 Å². The van der Waals surface area contributed by atoms with Crippen molar-refractivity contribution >= 4 is 69.8 Å². The number of nitrogens with one attached hydrogen (secondary N) is 3. The number of thioether (sulfide) groups is 1. The van der Waals surface area contributed by atoms with Gasteiger partial charge in [-0.3, -0.25) is 19.3 Å². The van der Waals surface area contributed by atoms with Crippen molar-refractivity contribution in [3.63, 3.8) is 0 Å². The Balaban J connectivity index is 1.26. The number of oxime groups is 1. The van der Waals surface area contributed by atoms with E-state index in [4.69, 9.17) is 10.6 Å². The van der Waals surface area contributed by atoms with Crippen molar-refractivity contribution < 1.29 is 54.1 Å². The van der Waals surface area contributed by atoms with E-state index in [1.807, 2.05) is 0 Å². The Bertz CT molecular complexity index is 1850. The first-order valence-corrected chi connectivity index (χ1v) is 15.7. The summed E-state index contributed by atoms with van der Waals surface area (Å²) in [5, 5.41) is 48.6. The fourth-order valence-electron chi connectivity index (χ4n) is 4.81. The molecule has 22 nitrogen and oxygen atoms in total. The van der Waals surface area contributed by atoms with E-state index in [9.17, 15) is 54.1 Å². The lowest BCUT2D eigenvalue weighted by atomic mass is 10.1. The Morgan fingerprint density at radius 1 is 1.20 bits per heavy atom. The number of rotatable bonds is 11. The summed E-state index contributed by atoms with van der Waals surface area (Å²) < 4.78 is 0.421. The predicted molar refractivity (Wildman–Crippen MR) is 165 cm³/mol. The van der Waals surface area contributed by atoms with Crippen molar-refractivity contribution in [1.29, 1.82) is 0 Å². The van der Waals surface area contributed by atoms with Crippen LogP contribution in [0.4, 0.5) is 14.7 Å².